The Balaban J connectivity index is 0.00000242. The van der Waals surface area contributed by atoms with Gasteiger partial charge < -0.3 is 5.32 Å². The normalized spacial score (nSPS) is 16.5. The summed E-state index contributed by atoms with van der Waals surface area (Å²) in [4.78, 5) is 0. The van der Waals surface area contributed by atoms with Gasteiger partial charge in [0.15, 0.2) is 0 Å². The number of piperidine rings is 1. The Bertz CT molecular complexity index is 575. The fourth-order valence-electron chi connectivity index (χ4n) is 2.23. The maximum absolute atomic E-state index is 13.7. The van der Waals surface area contributed by atoms with Gasteiger partial charge in [-0.2, -0.15) is 17.4 Å². The molecule has 0 aromatic heterocycles. The topological polar surface area (TPSA) is 61.4 Å². The molecule has 1 fully saturated rings. The van der Waals surface area contributed by atoms with Crippen molar-refractivity contribution in [3.8, 4) is 0 Å². The van der Waals surface area contributed by atoms with Crippen LogP contribution in [0.1, 0.15) is 18.4 Å². The van der Waals surface area contributed by atoms with Gasteiger partial charge in [0, 0.05) is 30.2 Å². The van der Waals surface area contributed by atoms with Gasteiger partial charge in [-0.05, 0) is 38.1 Å². The van der Waals surface area contributed by atoms with Crippen LogP contribution in [-0.4, -0.2) is 38.9 Å². The van der Waals surface area contributed by atoms with Crippen molar-refractivity contribution in [3.05, 3.63) is 34.6 Å². The average molecular weight is 372 g/mol. The van der Waals surface area contributed by atoms with Crippen molar-refractivity contribution < 1.29 is 12.8 Å². The molecule has 126 valence electrons. The molecule has 0 spiro atoms. The van der Waals surface area contributed by atoms with Crippen LogP contribution in [0.25, 0.3) is 0 Å². The predicted octanol–water partition coefficient (Wildman–Crippen LogP) is 1.92. The Hall–Kier alpha value is -0.440. The fourth-order valence-corrected chi connectivity index (χ4v) is 3.59. The summed E-state index contributed by atoms with van der Waals surface area (Å²) in [5.41, 5.74) is 0.178. The van der Waals surface area contributed by atoms with Crippen LogP contribution in [0, 0.1) is 5.82 Å². The van der Waals surface area contributed by atoms with E-state index in [2.05, 4.69) is 10.0 Å². The van der Waals surface area contributed by atoms with Gasteiger partial charge in [-0.3, -0.25) is 0 Å². The van der Waals surface area contributed by atoms with Crippen LogP contribution >= 0.6 is 24.0 Å². The number of halogens is 3. The lowest BCUT2D eigenvalue weighted by molar-refractivity contribution is 0.397. The van der Waals surface area contributed by atoms with Gasteiger partial charge in [0.1, 0.15) is 5.82 Å². The molecule has 0 amide bonds. The molecule has 1 aromatic rings. The number of hydrogen-bond donors (Lipinski definition) is 2. The van der Waals surface area contributed by atoms with E-state index in [4.69, 9.17) is 11.6 Å². The van der Waals surface area contributed by atoms with E-state index in [1.165, 1.54) is 19.2 Å². The Morgan fingerprint density at radius 1 is 1.41 bits per heavy atom. The van der Waals surface area contributed by atoms with Crippen molar-refractivity contribution in [1.82, 2.24) is 14.3 Å². The molecule has 1 aliphatic rings. The summed E-state index contributed by atoms with van der Waals surface area (Å²) in [7, 11) is -2.25. The molecule has 0 radical (unpaired) electrons. The summed E-state index contributed by atoms with van der Waals surface area (Å²) in [5, 5.41) is 3.39. The molecule has 1 heterocycles. The Kier molecular flexibility index (Phi) is 7.51. The molecular weight excluding hydrogens is 352 g/mol. The van der Waals surface area contributed by atoms with Crippen molar-refractivity contribution in [2.45, 2.75) is 25.4 Å². The molecule has 0 aliphatic carbocycles. The second-order valence-electron chi connectivity index (χ2n) is 5.10. The second kappa shape index (κ2) is 8.42. The van der Waals surface area contributed by atoms with Crippen LogP contribution in [0.15, 0.2) is 18.2 Å². The molecule has 9 heteroatoms. The lowest BCUT2D eigenvalue weighted by atomic mass is 10.1. The first-order valence-corrected chi connectivity index (χ1v) is 8.59. The van der Waals surface area contributed by atoms with Crippen LogP contribution < -0.4 is 10.0 Å². The van der Waals surface area contributed by atoms with E-state index < -0.39 is 16.0 Å². The third-order valence-corrected chi connectivity index (χ3v) is 5.44. The van der Waals surface area contributed by atoms with E-state index in [1.807, 2.05) is 0 Å². The van der Waals surface area contributed by atoms with Gasteiger partial charge in [0.05, 0.1) is 0 Å². The van der Waals surface area contributed by atoms with Gasteiger partial charge in [-0.1, -0.05) is 17.7 Å². The third kappa shape index (κ3) is 5.04. The number of nitrogens with one attached hydrogen (secondary N) is 2. The maximum atomic E-state index is 13.7. The highest BCUT2D eigenvalue weighted by molar-refractivity contribution is 7.87. The van der Waals surface area contributed by atoms with Crippen molar-refractivity contribution >= 4 is 34.2 Å². The SMILES string of the molecule is CN(Cc1c(F)cccc1Cl)S(=O)(=O)NC1CCNCC1.Cl. The van der Waals surface area contributed by atoms with Crippen molar-refractivity contribution in [1.29, 1.82) is 0 Å². The molecule has 1 aliphatic heterocycles. The van der Waals surface area contributed by atoms with E-state index in [9.17, 15) is 12.8 Å². The zero-order chi connectivity index (χ0) is 15.5. The van der Waals surface area contributed by atoms with E-state index in [0.29, 0.717) is 0 Å². The molecule has 1 aromatic carbocycles. The molecule has 2 N–H and O–H groups in total. The summed E-state index contributed by atoms with van der Waals surface area (Å²) < 4.78 is 42.0. The molecule has 1 saturated heterocycles. The van der Waals surface area contributed by atoms with Gasteiger partial charge in [0.25, 0.3) is 10.2 Å². The Labute approximate surface area is 141 Å². The van der Waals surface area contributed by atoms with Crippen molar-refractivity contribution in [3.63, 3.8) is 0 Å². The van der Waals surface area contributed by atoms with E-state index >= 15 is 0 Å². The Morgan fingerprint density at radius 3 is 2.64 bits per heavy atom. The van der Waals surface area contributed by atoms with Gasteiger partial charge in [0.2, 0.25) is 0 Å². The largest absolute Gasteiger partial charge is 0.317 e. The highest BCUT2D eigenvalue weighted by Gasteiger charge is 2.25. The number of rotatable bonds is 5. The van der Waals surface area contributed by atoms with Crippen molar-refractivity contribution in [2.75, 3.05) is 20.1 Å². The van der Waals surface area contributed by atoms with Crippen LogP contribution in [0.3, 0.4) is 0 Å². The van der Waals surface area contributed by atoms with Gasteiger partial charge >= 0.3 is 0 Å². The maximum Gasteiger partial charge on any atom is 0.279 e. The standard InChI is InChI=1S/C13H19ClFN3O2S.ClH/c1-18(9-11-12(14)3-2-4-13(11)15)21(19,20)17-10-5-7-16-8-6-10;/h2-4,10,16-17H,5-9H2,1H3;1H. The summed E-state index contributed by atoms with van der Waals surface area (Å²) in [6, 6.07) is 4.21. The third-order valence-electron chi connectivity index (χ3n) is 3.51. The monoisotopic (exact) mass is 371 g/mol. The molecule has 0 saturated carbocycles. The van der Waals surface area contributed by atoms with E-state index in [0.717, 1.165) is 30.2 Å². The van der Waals surface area contributed by atoms with Crippen LogP contribution in [0.5, 0.6) is 0 Å². The van der Waals surface area contributed by atoms with Crippen LogP contribution in [0.2, 0.25) is 5.02 Å². The first kappa shape index (κ1) is 19.6. The predicted molar refractivity (Wildman–Crippen MR) is 88.1 cm³/mol. The summed E-state index contributed by atoms with van der Waals surface area (Å²) >= 11 is 5.93. The fraction of sp³-hybridized carbons (Fsp3) is 0.538. The highest BCUT2D eigenvalue weighted by Crippen LogP contribution is 2.21. The van der Waals surface area contributed by atoms with Crippen molar-refractivity contribution in [2.24, 2.45) is 0 Å². The zero-order valence-corrected chi connectivity index (χ0v) is 14.6. The average Bonchev–Trinajstić information content (AvgIpc) is 2.43. The minimum Gasteiger partial charge on any atom is -0.317 e. The van der Waals surface area contributed by atoms with Crippen LogP contribution in [-0.2, 0) is 16.8 Å². The van der Waals surface area contributed by atoms with Gasteiger partial charge in [-0.15, -0.1) is 12.4 Å². The molecule has 2 rings (SSSR count). The number of hydrogen-bond acceptors (Lipinski definition) is 3. The molecule has 0 bridgehead atoms. The summed E-state index contributed by atoms with van der Waals surface area (Å²) in [6.45, 7) is 1.47. The first-order chi connectivity index (χ1) is 9.90. The summed E-state index contributed by atoms with van der Waals surface area (Å²) in [5.74, 6) is -0.508. The molecule has 5 nitrogen and oxygen atoms in total. The smallest absolute Gasteiger partial charge is 0.279 e. The lowest BCUT2D eigenvalue weighted by Gasteiger charge is -2.26. The highest BCUT2D eigenvalue weighted by atomic mass is 35.5. The minimum atomic E-state index is -3.66. The number of benzene rings is 1. The second-order valence-corrected chi connectivity index (χ2v) is 7.32. The first-order valence-electron chi connectivity index (χ1n) is 6.77. The molecule has 0 atom stereocenters. The minimum absolute atomic E-state index is 0. The quantitative estimate of drug-likeness (QED) is 0.830. The zero-order valence-electron chi connectivity index (χ0n) is 12.2. The molecule has 22 heavy (non-hydrogen) atoms. The number of nitrogens with zero attached hydrogens (tertiary/aromatic N) is 1. The van der Waals surface area contributed by atoms with Crippen LogP contribution in [0.4, 0.5) is 4.39 Å². The van der Waals surface area contributed by atoms with Gasteiger partial charge in [-0.25, -0.2) is 4.39 Å². The lowest BCUT2D eigenvalue weighted by Crippen LogP contribution is -2.47. The molecular formula is C13H20Cl2FN3O2S. The Morgan fingerprint density at radius 2 is 2.05 bits per heavy atom. The summed E-state index contributed by atoms with van der Waals surface area (Å²) in [6.07, 6.45) is 1.49. The van der Waals surface area contributed by atoms with E-state index in [-0.39, 0.29) is 35.6 Å². The molecule has 0 unspecified atom stereocenters. The van der Waals surface area contributed by atoms with E-state index in [1.54, 1.807) is 6.07 Å².